The highest BCUT2D eigenvalue weighted by Gasteiger charge is 2.21. The van der Waals surface area contributed by atoms with E-state index in [0.717, 1.165) is 17.5 Å². The second-order valence-electron chi connectivity index (χ2n) is 3.32. The van der Waals surface area contributed by atoms with Gasteiger partial charge in [0.05, 0.1) is 14.2 Å². The zero-order valence-corrected chi connectivity index (χ0v) is 11.2. The maximum absolute atomic E-state index is 11.5. The molecule has 0 saturated heterocycles. The summed E-state index contributed by atoms with van der Waals surface area (Å²) in [5.74, 6) is 0.357. The Morgan fingerprint density at radius 1 is 1.44 bits per heavy atom. The van der Waals surface area contributed by atoms with Gasteiger partial charge >= 0.3 is 5.97 Å². The van der Waals surface area contributed by atoms with Crippen LogP contribution in [0.4, 0.5) is 0 Å². The molecule has 16 heavy (non-hydrogen) atoms. The SMILES string of the molecule is CCc1ccc(OC)c(C(Br)C(=O)OC)c1. The molecule has 0 saturated carbocycles. The molecule has 0 heterocycles. The zero-order chi connectivity index (χ0) is 12.1. The smallest absolute Gasteiger partial charge is 0.324 e. The molecule has 0 aromatic heterocycles. The molecule has 4 heteroatoms. The molecule has 88 valence electrons. The number of carbonyl (C=O) groups is 1. The number of halogens is 1. The minimum atomic E-state index is -0.487. The van der Waals surface area contributed by atoms with Crippen LogP contribution in [-0.2, 0) is 16.0 Å². The van der Waals surface area contributed by atoms with Gasteiger partial charge in [-0.1, -0.05) is 35.0 Å². The topological polar surface area (TPSA) is 35.5 Å². The Morgan fingerprint density at radius 3 is 2.62 bits per heavy atom. The molecule has 0 bridgehead atoms. The minimum Gasteiger partial charge on any atom is -0.496 e. The normalized spacial score (nSPS) is 12.0. The summed E-state index contributed by atoms with van der Waals surface area (Å²) in [6, 6.07) is 5.81. The van der Waals surface area contributed by atoms with Crippen LogP contribution in [0.1, 0.15) is 22.9 Å². The lowest BCUT2D eigenvalue weighted by Crippen LogP contribution is -2.09. The van der Waals surface area contributed by atoms with Crippen molar-refractivity contribution in [2.24, 2.45) is 0 Å². The van der Waals surface area contributed by atoms with Crippen LogP contribution in [0.2, 0.25) is 0 Å². The van der Waals surface area contributed by atoms with Gasteiger partial charge in [0.2, 0.25) is 0 Å². The summed E-state index contributed by atoms with van der Waals surface area (Å²) in [4.78, 5) is 11.0. The number of carbonyl (C=O) groups excluding carboxylic acids is 1. The molecule has 1 aromatic rings. The van der Waals surface area contributed by atoms with Crippen LogP contribution in [0.25, 0.3) is 0 Å². The van der Waals surface area contributed by atoms with Crippen molar-refractivity contribution in [3.05, 3.63) is 29.3 Å². The number of hydrogen-bond acceptors (Lipinski definition) is 3. The van der Waals surface area contributed by atoms with E-state index in [9.17, 15) is 4.79 Å². The minimum absolute atomic E-state index is 0.327. The van der Waals surface area contributed by atoms with Crippen LogP contribution in [0.5, 0.6) is 5.75 Å². The van der Waals surface area contributed by atoms with E-state index in [1.807, 2.05) is 18.2 Å². The van der Waals surface area contributed by atoms with Gasteiger partial charge in [0.15, 0.2) is 0 Å². The van der Waals surface area contributed by atoms with E-state index in [4.69, 9.17) is 9.47 Å². The Labute approximate surface area is 104 Å². The first-order valence-electron chi connectivity index (χ1n) is 5.02. The largest absolute Gasteiger partial charge is 0.496 e. The lowest BCUT2D eigenvalue weighted by atomic mass is 10.1. The first kappa shape index (κ1) is 13.0. The van der Waals surface area contributed by atoms with Crippen LogP contribution in [-0.4, -0.2) is 20.2 Å². The Kier molecular flexibility index (Phi) is 4.80. The van der Waals surface area contributed by atoms with E-state index in [0.29, 0.717) is 5.75 Å². The number of methoxy groups -OCH3 is 2. The number of esters is 1. The van der Waals surface area contributed by atoms with Crippen molar-refractivity contribution in [2.45, 2.75) is 18.2 Å². The summed E-state index contributed by atoms with van der Waals surface area (Å²) >= 11 is 3.31. The van der Waals surface area contributed by atoms with Crippen molar-refractivity contribution in [1.29, 1.82) is 0 Å². The van der Waals surface area contributed by atoms with Crippen molar-refractivity contribution in [2.75, 3.05) is 14.2 Å². The fraction of sp³-hybridized carbons (Fsp3) is 0.417. The molecule has 0 spiro atoms. The molecule has 0 fully saturated rings. The fourth-order valence-electron chi connectivity index (χ4n) is 1.43. The first-order valence-corrected chi connectivity index (χ1v) is 5.94. The van der Waals surface area contributed by atoms with Crippen LogP contribution in [0.3, 0.4) is 0 Å². The summed E-state index contributed by atoms with van der Waals surface area (Å²) in [6.45, 7) is 2.06. The van der Waals surface area contributed by atoms with Crippen LogP contribution in [0.15, 0.2) is 18.2 Å². The summed E-state index contributed by atoms with van der Waals surface area (Å²) in [5, 5.41) is 0. The lowest BCUT2D eigenvalue weighted by molar-refractivity contribution is -0.139. The summed E-state index contributed by atoms with van der Waals surface area (Å²) in [6.07, 6.45) is 0.915. The molecular weight excluding hydrogens is 272 g/mol. The van der Waals surface area contributed by atoms with Crippen molar-refractivity contribution in [3.63, 3.8) is 0 Å². The van der Waals surface area contributed by atoms with E-state index in [1.54, 1.807) is 7.11 Å². The van der Waals surface area contributed by atoms with E-state index < -0.39 is 4.83 Å². The average molecular weight is 287 g/mol. The van der Waals surface area contributed by atoms with Crippen molar-refractivity contribution in [3.8, 4) is 5.75 Å². The quantitative estimate of drug-likeness (QED) is 0.631. The van der Waals surface area contributed by atoms with E-state index in [1.165, 1.54) is 7.11 Å². The number of hydrogen-bond donors (Lipinski definition) is 0. The second-order valence-corrected chi connectivity index (χ2v) is 4.23. The van der Waals surface area contributed by atoms with Gasteiger partial charge in [-0.05, 0) is 18.1 Å². The van der Waals surface area contributed by atoms with Gasteiger partial charge < -0.3 is 9.47 Å². The predicted octanol–water partition coefficient (Wildman–Crippen LogP) is 2.87. The van der Waals surface area contributed by atoms with Gasteiger partial charge in [-0.25, -0.2) is 0 Å². The maximum Gasteiger partial charge on any atom is 0.324 e. The third-order valence-corrected chi connectivity index (χ3v) is 3.25. The van der Waals surface area contributed by atoms with Gasteiger partial charge in [-0.15, -0.1) is 0 Å². The van der Waals surface area contributed by atoms with E-state index >= 15 is 0 Å². The molecule has 1 rings (SSSR count). The highest BCUT2D eigenvalue weighted by atomic mass is 79.9. The van der Waals surface area contributed by atoms with Gasteiger partial charge in [0.1, 0.15) is 10.6 Å². The Bertz CT molecular complexity index is 377. The molecule has 1 atom stereocenters. The zero-order valence-electron chi connectivity index (χ0n) is 9.62. The molecule has 0 aliphatic carbocycles. The van der Waals surface area contributed by atoms with Gasteiger partial charge in [-0.2, -0.15) is 0 Å². The van der Waals surface area contributed by atoms with Gasteiger partial charge in [0.25, 0.3) is 0 Å². The van der Waals surface area contributed by atoms with Gasteiger partial charge in [-0.3, -0.25) is 4.79 Å². The van der Waals surface area contributed by atoms with Crippen molar-refractivity contribution in [1.82, 2.24) is 0 Å². The molecule has 0 aliphatic rings. The number of aryl methyl sites for hydroxylation is 1. The van der Waals surface area contributed by atoms with Crippen LogP contribution >= 0.6 is 15.9 Å². The molecule has 0 amide bonds. The standard InChI is InChI=1S/C12H15BrO3/c1-4-8-5-6-10(15-2)9(7-8)11(13)12(14)16-3/h5-7,11H,4H2,1-3H3. The number of alkyl halides is 1. The van der Waals surface area contributed by atoms with Crippen LogP contribution < -0.4 is 4.74 Å². The molecule has 0 aliphatic heterocycles. The third kappa shape index (κ3) is 2.76. The monoisotopic (exact) mass is 286 g/mol. The van der Waals surface area contributed by atoms with Crippen LogP contribution in [0, 0.1) is 0 Å². The summed E-state index contributed by atoms with van der Waals surface area (Å²) in [5.41, 5.74) is 1.96. The Balaban J connectivity index is 3.12. The lowest BCUT2D eigenvalue weighted by Gasteiger charge is -2.13. The van der Waals surface area contributed by atoms with E-state index in [2.05, 4.69) is 22.9 Å². The predicted molar refractivity (Wildman–Crippen MR) is 66.1 cm³/mol. The summed E-state index contributed by atoms with van der Waals surface area (Å²) in [7, 11) is 2.95. The summed E-state index contributed by atoms with van der Waals surface area (Å²) < 4.78 is 9.92. The third-order valence-electron chi connectivity index (χ3n) is 2.38. The number of ether oxygens (including phenoxy) is 2. The molecular formula is C12H15BrO3. The highest BCUT2D eigenvalue weighted by molar-refractivity contribution is 9.09. The van der Waals surface area contributed by atoms with Crippen molar-refractivity contribution >= 4 is 21.9 Å². The van der Waals surface area contributed by atoms with Crippen molar-refractivity contribution < 1.29 is 14.3 Å². The second kappa shape index (κ2) is 5.89. The maximum atomic E-state index is 11.5. The van der Waals surface area contributed by atoms with Gasteiger partial charge in [0, 0.05) is 5.56 Å². The Hall–Kier alpha value is -1.03. The first-order chi connectivity index (χ1) is 7.63. The fourth-order valence-corrected chi connectivity index (χ4v) is 1.98. The highest BCUT2D eigenvalue weighted by Crippen LogP contribution is 2.32. The molecule has 1 unspecified atom stereocenters. The Morgan fingerprint density at radius 2 is 2.12 bits per heavy atom. The molecule has 0 N–H and O–H groups in total. The van der Waals surface area contributed by atoms with E-state index in [-0.39, 0.29) is 5.97 Å². The molecule has 0 radical (unpaired) electrons. The molecule has 1 aromatic carbocycles. The number of rotatable bonds is 4. The molecule has 3 nitrogen and oxygen atoms in total. The number of benzene rings is 1. The average Bonchev–Trinajstić information content (AvgIpc) is 2.35.